The molecule has 1 atom stereocenters. The molecule has 0 saturated carbocycles. The monoisotopic (exact) mass is 351 g/mol. The minimum absolute atomic E-state index is 0.00708. The molecule has 4 rings (SSSR count). The van der Waals surface area contributed by atoms with Gasteiger partial charge in [0.1, 0.15) is 0 Å². The van der Waals surface area contributed by atoms with Crippen LogP contribution >= 0.6 is 0 Å². The summed E-state index contributed by atoms with van der Waals surface area (Å²) in [5, 5.41) is 0. The topological polar surface area (TPSA) is 92.4 Å². The van der Waals surface area contributed by atoms with Gasteiger partial charge in [-0.1, -0.05) is 6.07 Å². The predicted molar refractivity (Wildman–Crippen MR) is 97.1 cm³/mol. The quantitative estimate of drug-likeness (QED) is 0.887. The van der Waals surface area contributed by atoms with Gasteiger partial charge in [-0.3, -0.25) is 9.59 Å². The zero-order valence-corrected chi connectivity index (χ0v) is 14.9. The van der Waals surface area contributed by atoms with E-state index in [4.69, 9.17) is 5.73 Å². The van der Waals surface area contributed by atoms with Crippen molar-refractivity contribution < 1.29 is 9.59 Å². The van der Waals surface area contributed by atoms with E-state index in [9.17, 15) is 9.59 Å². The smallest absolute Gasteiger partial charge is 0.228 e. The van der Waals surface area contributed by atoms with Gasteiger partial charge < -0.3 is 15.5 Å². The molecule has 0 bridgehead atoms. The number of carbonyl (C=O) groups is 2. The van der Waals surface area contributed by atoms with Crippen molar-refractivity contribution >= 4 is 23.5 Å². The summed E-state index contributed by atoms with van der Waals surface area (Å²) in [5.41, 5.74) is 10.5. The number of amides is 2. The van der Waals surface area contributed by atoms with Crippen LogP contribution in [-0.4, -0.2) is 33.2 Å². The van der Waals surface area contributed by atoms with E-state index >= 15 is 0 Å². The fraction of sp³-hybridized carbons (Fsp3) is 0.368. The Morgan fingerprint density at radius 1 is 1.23 bits per heavy atom. The van der Waals surface area contributed by atoms with E-state index in [0.29, 0.717) is 19.6 Å². The van der Waals surface area contributed by atoms with Gasteiger partial charge in [0.15, 0.2) is 0 Å². The third kappa shape index (κ3) is 2.79. The lowest BCUT2D eigenvalue weighted by molar-refractivity contribution is -0.136. The summed E-state index contributed by atoms with van der Waals surface area (Å²) in [4.78, 5) is 37.0. The Labute approximate surface area is 151 Å². The summed E-state index contributed by atoms with van der Waals surface area (Å²) in [6, 6.07) is 5.95. The molecule has 2 aromatic rings. The van der Waals surface area contributed by atoms with Gasteiger partial charge in [0.2, 0.25) is 17.8 Å². The number of aromatic nitrogens is 2. The highest BCUT2D eigenvalue weighted by molar-refractivity contribution is 6.00. The average molecular weight is 351 g/mol. The van der Waals surface area contributed by atoms with Crippen LogP contribution < -0.4 is 10.6 Å². The summed E-state index contributed by atoms with van der Waals surface area (Å²) in [7, 11) is 0. The third-order valence-corrected chi connectivity index (χ3v) is 5.26. The maximum Gasteiger partial charge on any atom is 0.228 e. The Hall–Kier alpha value is -2.96. The average Bonchev–Trinajstić information content (AvgIpc) is 3.20. The van der Waals surface area contributed by atoms with E-state index in [2.05, 4.69) is 9.97 Å². The Kier molecular flexibility index (Phi) is 3.86. The summed E-state index contributed by atoms with van der Waals surface area (Å²) in [5.74, 6) is -0.132. The van der Waals surface area contributed by atoms with Gasteiger partial charge in [-0.25, -0.2) is 9.97 Å². The molecule has 2 aliphatic heterocycles. The van der Waals surface area contributed by atoms with Gasteiger partial charge in [-0.15, -0.1) is 0 Å². The van der Waals surface area contributed by atoms with Crippen LogP contribution in [0.4, 0.5) is 11.6 Å². The number of aryl methyl sites for hydroxylation is 2. The number of nitrogens with zero attached hydrogens (tertiary/aromatic N) is 4. The highest BCUT2D eigenvalue weighted by Crippen LogP contribution is 2.30. The van der Waals surface area contributed by atoms with Crippen molar-refractivity contribution in [3.05, 3.63) is 46.8 Å². The van der Waals surface area contributed by atoms with E-state index < -0.39 is 0 Å². The molecule has 1 fully saturated rings. The molecule has 1 unspecified atom stereocenters. The first-order chi connectivity index (χ1) is 12.4. The summed E-state index contributed by atoms with van der Waals surface area (Å²) in [6.45, 7) is 5.38. The number of nitrogen functional groups attached to an aromatic ring is 1. The maximum absolute atomic E-state index is 12.9. The van der Waals surface area contributed by atoms with Gasteiger partial charge >= 0.3 is 0 Å². The molecule has 26 heavy (non-hydrogen) atoms. The molecule has 3 heterocycles. The van der Waals surface area contributed by atoms with Crippen molar-refractivity contribution in [2.24, 2.45) is 5.92 Å². The van der Waals surface area contributed by atoms with Gasteiger partial charge in [0.25, 0.3) is 0 Å². The second kappa shape index (κ2) is 6.09. The second-order valence-electron chi connectivity index (χ2n) is 7.07. The molecule has 0 aliphatic carbocycles. The number of carbonyl (C=O) groups excluding carboxylic acids is 2. The molecule has 134 valence electrons. The van der Waals surface area contributed by atoms with Crippen LogP contribution in [0.2, 0.25) is 0 Å². The van der Waals surface area contributed by atoms with Crippen LogP contribution in [-0.2, 0) is 22.7 Å². The fourth-order valence-electron chi connectivity index (χ4n) is 3.60. The zero-order chi connectivity index (χ0) is 18.4. The lowest BCUT2D eigenvalue weighted by Gasteiger charge is -2.21. The number of hydrogen-bond donors (Lipinski definition) is 1. The number of anilines is 2. The van der Waals surface area contributed by atoms with E-state index in [1.807, 2.05) is 32.0 Å². The molecule has 1 aromatic carbocycles. The normalized spacial score (nSPS) is 19.2. The van der Waals surface area contributed by atoms with Gasteiger partial charge in [0, 0.05) is 37.0 Å². The lowest BCUT2D eigenvalue weighted by Crippen LogP contribution is -2.34. The molecule has 7 heteroatoms. The largest absolute Gasteiger partial charge is 0.368 e. The van der Waals surface area contributed by atoms with Crippen molar-refractivity contribution in [3.8, 4) is 0 Å². The van der Waals surface area contributed by atoms with Gasteiger partial charge in [-0.05, 0) is 37.1 Å². The van der Waals surface area contributed by atoms with Crippen molar-refractivity contribution in [2.45, 2.75) is 33.4 Å². The predicted octanol–water partition coefficient (Wildman–Crippen LogP) is 1.57. The third-order valence-electron chi connectivity index (χ3n) is 5.26. The van der Waals surface area contributed by atoms with Crippen LogP contribution in [0.5, 0.6) is 0 Å². The van der Waals surface area contributed by atoms with Crippen LogP contribution in [0, 0.1) is 19.8 Å². The summed E-state index contributed by atoms with van der Waals surface area (Å²) in [6.07, 6.45) is 1.92. The number of hydrogen-bond acceptors (Lipinski definition) is 5. The Bertz CT molecular complexity index is 911. The molecule has 2 aliphatic rings. The van der Waals surface area contributed by atoms with Crippen molar-refractivity contribution in [1.29, 1.82) is 0 Å². The first kappa shape index (κ1) is 16.5. The molecule has 1 aromatic heterocycles. The van der Waals surface area contributed by atoms with E-state index in [0.717, 1.165) is 22.5 Å². The Balaban J connectivity index is 1.49. The highest BCUT2D eigenvalue weighted by Gasteiger charge is 2.39. The molecule has 0 spiro atoms. The Morgan fingerprint density at radius 3 is 2.81 bits per heavy atom. The standard InChI is InChI=1S/C19H21N5O2/c1-11-3-4-15(5-12(11)2)24-9-13(6-17(24)25)18(26)23-8-14-7-21-19(20)22-16(14)10-23/h3-5,7,13H,6,8-10H2,1-2H3,(H2,20,21,22). The van der Waals surface area contributed by atoms with Gasteiger partial charge in [-0.2, -0.15) is 0 Å². The SMILES string of the molecule is Cc1ccc(N2CC(C(=O)N3Cc4cnc(N)nc4C3)CC2=O)cc1C. The number of benzene rings is 1. The molecule has 2 N–H and O–H groups in total. The Morgan fingerprint density at radius 2 is 2.04 bits per heavy atom. The first-order valence-corrected chi connectivity index (χ1v) is 8.69. The first-order valence-electron chi connectivity index (χ1n) is 8.69. The molecular weight excluding hydrogens is 330 g/mol. The molecule has 0 radical (unpaired) electrons. The van der Waals surface area contributed by atoms with Crippen molar-refractivity contribution in [1.82, 2.24) is 14.9 Å². The molecule has 2 amide bonds. The lowest BCUT2D eigenvalue weighted by atomic mass is 10.1. The minimum Gasteiger partial charge on any atom is -0.368 e. The highest BCUT2D eigenvalue weighted by atomic mass is 16.2. The summed E-state index contributed by atoms with van der Waals surface area (Å²) < 4.78 is 0. The minimum atomic E-state index is -0.330. The molecule has 1 saturated heterocycles. The summed E-state index contributed by atoms with van der Waals surface area (Å²) >= 11 is 0. The van der Waals surface area contributed by atoms with Crippen LogP contribution in [0.25, 0.3) is 0 Å². The number of fused-ring (bicyclic) bond motifs is 1. The van der Waals surface area contributed by atoms with E-state index in [-0.39, 0.29) is 30.1 Å². The van der Waals surface area contributed by atoms with E-state index in [1.165, 1.54) is 5.56 Å². The fourth-order valence-corrected chi connectivity index (χ4v) is 3.60. The van der Waals surface area contributed by atoms with Crippen molar-refractivity contribution in [3.63, 3.8) is 0 Å². The van der Waals surface area contributed by atoms with E-state index in [1.54, 1.807) is 16.0 Å². The van der Waals surface area contributed by atoms with Crippen molar-refractivity contribution in [2.75, 3.05) is 17.2 Å². The molecular formula is C19H21N5O2. The van der Waals surface area contributed by atoms with Gasteiger partial charge in [0.05, 0.1) is 18.2 Å². The zero-order valence-electron chi connectivity index (χ0n) is 14.9. The van der Waals surface area contributed by atoms with Crippen LogP contribution in [0.3, 0.4) is 0 Å². The maximum atomic E-state index is 12.9. The van der Waals surface area contributed by atoms with Crippen LogP contribution in [0.1, 0.15) is 28.8 Å². The number of rotatable bonds is 2. The second-order valence-corrected chi connectivity index (χ2v) is 7.07. The molecule has 7 nitrogen and oxygen atoms in total. The number of nitrogens with two attached hydrogens (primary N) is 1. The van der Waals surface area contributed by atoms with Crippen LogP contribution in [0.15, 0.2) is 24.4 Å².